The van der Waals surface area contributed by atoms with Gasteiger partial charge < -0.3 is 4.90 Å². The Morgan fingerprint density at radius 3 is 2.47 bits per heavy atom. The smallest absolute Gasteiger partial charge is 0.228 e. The molecule has 0 aromatic rings. The fourth-order valence-electron chi connectivity index (χ4n) is 2.69. The summed E-state index contributed by atoms with van der Waals surface area (Å²) in [7, 11) is -1.11. The maximum absolute atomic E-state index is 11.6. The molecule has 0 saturated carbocycles. The van der Waals surface area contributed by atoms with E-state index in [1.807, 2.05) is 0 Å². The molecule has 4 nitrogen and oxygen atoms in total. The molecule has 0 amide bonds. The minimum Gasteiger partial charge on any atom is -0.306 e. The third kappa shape index (κ3) is 2.16. The van der Waals surface area contributed by atoms with Crippen molar-refractivity contribution in [2.75, 3.05) is 38.4 Å². The monoisotopic (exact) mass is 252 g/mol. The molecule has 2 heterocycles. The first-order valence-corrected chi connectivity index (χ1v) is 7.34. The second-order valence-corrected chi connectivity index (χ2v) is 7.35. The SMILES string of the molecule is CN1CCC2(CCN(S(=O)(=O)CCl)C2)C1. The van der Waals surface area contributed by atoms with E-state index in [9.17, 15) is 8.42 Å². The number of sulfonamides is 1. The van der Waals surface area contributed by atoms with Crippen molar-refractivity contribution in [2.24, 2.45) is 5.41 Å². The van der Waals surface area contributed by atoms with Crippen molar-refractivity contribution in [3.63, 3.8) is 0 Å². The van der Waals surface area contributed by atoms with Crippen LogP contribution in [0.1, 0.15) is 12.8 Å². The molecular weight excluding hydrogens is 236 g/mol. The van der Waals surface area contributed by atoms with E-state index < -0.39 is 10.0 Å². The molecule has 0 bridgehead atoms. The second-order valence-electron chi connectivity index (χ2n) is 4.79. The van der Waals surface area contributed by atoms with E-state index in [4.69, 9.17) is 11.6 Å². The van der Waals surface area contributed by atoms with Crippen LogP contribution in [0, 0.1) is 5.41 Å². The van der Waals surface area contributed by atoms with Crippen LogP contribution in [0.5, 0.6) is 0 Å². The van der Waals surface area contributed by atoms with E-state index in [2.05, 4.69) is 11.9 Å². The second kappa shape index (κ2) is 3.87. The van der Waals surface area contributed by atoms with Crippen molar-refractivity contribution in [2.45, 2.75) is 12.8 Å². The first-order valence-electron chi connectivity index (χ1n) is 5.20. The summed E-state index contributed by atoms with van der Waals surface area (Å²) >= 11 is 5.46. The molecule has 0 radical (unpaired) electrons. The van der Waals surface area contributed by atoms with Crippen LogP contribution in [0.25, 0.3) is 0 Å². The Balaban J connectivity index is 2.07. The lowest BCUT2D eigenvalue weighted by molar-refractivity contribution is 0.294. The largest absolute Gasteiger partial charge is 0.306 e. The molecule has 1 spiro atoms. The Labute approximate surface area is 96.2 Å². The normalized spacial score (nSPS) is 34.3. The third-order valence-electron chi connectivity index (χ3n) is 3.56. The zero-order valence-electron chi connectivity index (χ0n) is 8.95. The zero-order valence-corrected chi connectivity index (χ0v) is 10.5. The predicted molar refractivity (Wildman–Crippen MR) is 60.4 cm³/mol. The van der Waals surface area contributed by atoms with Crippen molar-refractivity contribution < 1.29 is 8.42 Å². The van der Waals surface area contributed by atoms with Gasteiger partial charge in [0.2, 0.25) is 10.0 Å². The van der Waals surface area contributed by atoms with Gasteiger partial charge in [0, 0.05) is 19.6 Å². The minimum absolute atomic E-state index is 0.202. The van der Waals surface area contributed by atoms with Crippen LogP contribution in [-0.2, 0) is 10.0 Å². The maximum atomic E-state index is 11.6. The molecule has 15 heavy (non-hydrogen) atoms. The standard InChI is InChI=1S/C9H17ClN2O2S/c1-11-4-2-9(6-11)3-5-12(7-9)15(13,14)8-10/h2-8H2,1H3. The summed E-state index contributed by atoms with van der Waals surface area (Å²) in [6.07, 6.45) is 2.09. The Hall–Kier alpha value is 0.160. The van der Waals surface area contributed by atoms with E-state index >= 15 is 0 Å². The fraction of sp³-hybridized carbons (Fsp3) is 1.00. The van der Waals surface area contributed by atoms with E-state index in [0.29, 0.717) is 13.1 Å². The zero-order chi connectivity index (χ0) is 11.1. The van der Waals surface area contributed by atoms with E-state index in [0.717, 1.165) is 25.9 Å². The van der Waals surface area contributed by atoms with Crippen LogP contribution >= 0.6 is 11.6 Å². The quantitative estimate of drug-likeness (QED) is 0.674. The number of alkyl halides is 1. The van der Waals surface area contributed by atoms with Gasteiger partial charge in [-0.2, -0.15) is 0 Å². The molecule has 2 rings (SSSR count). The predicted octanol–water partition coefficient (Wildman–Crippen LogP) is 0.540. The number of rotatable bonds is 2. The van der Waals surface area contributed by atoms with Crippen molar-refractivity contribution in [1.82, 2.24) is 9.21 Å². The lowest BCUT2D eigenvalue weighted by Crippen LogP contribution is -2.34. The van der Waals surface area contributed by atoms with Gasteiger partial charge in [0.25, 0.3) is 0 Å². The molecule has 2 fully saturated rings. The highest BCUT2D eigenvalue weighted by Gasteiger charge is 2.45. The molecule has 2 aliphatic rings. The average molecular weight is 253 g/mol. The molecule has 88 valence electrons. The highest BCUT2D eigenvalue weighted by molar-refractivity contribution is 7.90. The highest BCUT2D eigenvalue weighted by Crippen LogP contribution is 2.39. The molecular formula is C9H17ClN2O2S. The fourth-order valence-corrected chi connectivity index (χ4v) is 4.08. The Morgan fingerprint density at radius 1 is 1.27 bits per heavy atom. The Morgan fingerprint density at radius 2 is 1.93 bits per heavy atom. The summed E-state index contributed by atoms with van der Waals surface area (Å²) in [4.78, 5) is 2.27. The van der Waals surface area contributed by atoms with Gasteiger partial charge in [0.05, 0.1) is 0 Å². The van der Waals surface area contributed by atoms with Gasteiger partial charge in [0.1, 0.15) is 5.21 Å². The van der Waals surface area contributed by atoms with Crippen LogP contribution in [0.15, 0.2) is 0 Å². The van der Waals surface area contributed by atoms with E-state index in [1.54, 1.807) is 4.31 Å². The number of hydrogen-bond donors (Lipinski definition) is 0. The Bertz CT molecular complexity index is 346. The highest BCUT2D eigenvalue weighted by atomic mass is 35.5. The maximum Gasteiger partial charge on any atom is 0.228 e. The van der Waals surface area contributed by atoms with Crippen LogP contribution in [0.4, 0.5) is 0 Å². The van der Waals surface area contributed by atoms with Gasteiger partial charge in [0.15, 0.2) is 0 Å². The summed E-state index contributed by atoms with van der Waals surface area (Å²) in [6, 6.07) is 0. The minimum atomic E-state index is -3.20. The topological polar surface area (TPSA) is 40.6 Å². The van der Waals surface area contributed by atoms with Gasteiger partial charge in [-0.1, -0.05) is 0 Å². The molecule has 2 aliphatic heterocycles. The van der Waals surface area contributed by atoms with Crippen molar-refractivity contribution >= 4 is 21.6 Å². The molecule has 0 aliphatic carbocycles. The molecule has 1 unspecified atom stereocenters. The first-order chi connectivity index (χ1) is 6.97. The Kier molecular flexibility index (Phi) is 3.01. The van der Waals surface area contributed by atoms with Gasteiger partial charge >= 0.3 is 0 Å². The molecule has 1 atom stereocenters. The summed E-state index contributed by atoms with van der Waals surface area (Å²) in [5.74, 6) is 0. The molecule has 0 aromatic heterocycles. The van der Waals surface area contributed by atoms with Gasteiger partial charge in [-0.25, -0.2) is 12.7 Å². The lowest BCUT2D eigenvalue weighted by Gasteiger charge is -2.23. The van der Waals surface area contributed by atoms with Crippen LogP contribution in [0.2, 0.25) is 0 Å². The number of likely N-dealkylation sites (tertiary alicyclic amines) is 1. The number of halogens is 1. The van der Waals surface area contributed by atoms with Crippen molar-refractivity contribution in [3.8, 4) is 0 Å². The van der Waals surface area contributed by atoms with Gasteiger partial charge in [-0.05, 0) is 31.8 Å². The van der Waals surface area contributed by atoms with Gasteiger partial charge in [-0.3, -0.25) is 0 Å². The van der Waals surface area contributed by atoms with Crippen molar-refractivity contribution in [3.05, 3.63) is 0 Å². The molecule has 0 N–H and O–H groups in total. The number of hydrogen-bond acceptors (Lipinski definition) is 3. The first kappa shape index (κ1) is 11.6. The average Bonchev–Trinajstić information content (AvgIpc) is 2.75. The van der Waals surface area contributed by atoms with Gasteiger partial charge in [-0.15, -0.1) is 11.6 Å². The molecule has 2 saturated heterocycles. The van der Waals surface area contributed by atoms with Crippen LogP contribution < -0.4 is 0 Å². The third-order valence-corrected chi connectivity index (χ3v) is 5.77. The van der Waals surface area contributed by atoms with E-state index in [-0.39, 0.29) is 10.6 Å². The molecule has 0 aromatic carbocycles. The summed E-state index contributed by atoms with van der Waals surface area (Å²) in [5.41, 5.74) is 0.202. The summed E-state index contributed by atoms with van der Waals surface area (Å²) in [5, 5.41) is -0.293. The van der Waals surface area contributed by atoms with E-state index in [1.165, 1.54) is 0 Å². The van der Waals surface area contributed by atoms with Crippen LogP contribution in [0.3, 0.4) is 0 Å². The molecule has 6 heteroatoms. The summed E-state index contributed by atoms with van der Waals surface area (Å²) < 4.78 is 24.8. The summed E-state index contributed by atoms with van der Waals surface area (Å²) in [6.45, 7) is 3.39. The number of nitrogens with zero attached hydrogens (tertiary/aromatic N) is 2. The van der Waals surface area contributed by atoms with Crippen molar-refractivity contribution in [1.29, 1.82) is 0 Å². The van der Waals surface area contributed by atoms with Crippen LogP contribution in [-0.4, -0.2) is 56.1 Å². The lowest BCUT2D eigenvalue weighted by atomic mass is 9.87.